The van der Waals surface area contributed by atoms with E-state index in [0.717, 1.165) is 21.6 Å². The number of hydrogen-bond donors (Lipinski definition) is 5. The minimum Gasteiger partial charge on any atom is -0.480 e. The maximum absolute atomic E-state index is 12.6. The molecule has 2 aromatic carbocycles. The van der Waals surface area contributed by atoms with E-state index in [2.05, 4.69) is 21.3 Å². The Labute approximate surface area is 231 Å². The molecule has 0 saturated heterocycles. The molecular formula is C25H26N4O8S2. The molecule has 4 amide bonds. The highest BCUT2D eigenvalue weighted by Gasteiger charge is 2.25. The Morgan fingerprint density at radius 1 is 0.692 bits per heavy atom. The second-order valence-electron chi connectivity index (χ2n) is 7.77. The Hall–Kier alpha value is -4.17. The van der Waals surface area contributed by atoms with E-state index in [1.807, 2.05) is 0 Å². The van der Waals surface area contributed by atoms with Gasteiger partial charge < -0.3 is 26.4 Å². The van der Waals surface area contributed by atoms with Crippen LogP contribution in [0.2, 0.25) is 0 Å². The molecule has 0 aliphatic rings. The highest BCUT2D eigenvalue weighted by Crippen LogP contribution is 2.23. The summed E-state index contributed by atoms with van der Waals surface area (Å²) in [4.78, 5) is 83.0. The number of aldehydes is 1. The lowest BCUT2D eigenvalue weighted by Gasteiger charge is -2.20. The lowest BCUT2D eigenvalue weighted by Crippen LogP contribution is -2.50. The molecule has 0 bridgehead atoms. The Morgan fingerprint density at radius 3 is 1.49 bits per heavy atom. The van der Waals surface area contributed by atoms with Gasteiger partial charge in [0, 0.05) is 22.6 Å². The number of ketones is 1. The van der Waals surface area contributed by atoms with Gasteiger partial charge in [0.05, 0.1) is 6.54 Å². The lowest BCUT2D eigenvalue weighted by molar-refractivity contribution is -0.138. The molecule has 14 heteroatoms. The highest BCUT2D eigenvalue weighted by molar-refractivity contribution is 8.76. The van der Waals surface area contributed by atoms with E-state index in [4.69, 9.17) is 5.11 Å². The lowest BCUT2D eigenvalue weighted by atomic mass is 10.2. The Kier molecular flexibility index (Phi) is 13.2. The number of nitrogens with one attached hydrogen (secondary N) is 4. The summed E-state index contributed by atoms with van der Waals surface area (Å²) in [6.45, 7) is -1.17. The van der Waals surface area contributed by atoms with Gasteiger partial charge >= 0.3 is 5.97 Å². The van der Waals surface area contributed by atoms with Crippen molar-refractivity contribution in [3.05, 3.63) is 71.8 Å². The fourth-order valence-electron chi connectivity index (χ4n) is 2.89. The summed E-state index contributed by atoms with van der Waals surface area (Å²) in [6.07, 6.45) is 0.0712. The van der Waals surface area contributed by atoms with Crippen LogP contribution in [-0.2, 0) is 24.0 Å². The van der Waals surface area contributed by atoms with Crippen molar-refractivity contribution in [2.75, 3.05) is 24.6 Å². The number of Topliss-reactive ketones (excluding diaryl/α,β-unsaturated/α-hetero) is 1. The van der Waals surface area contributed by atoms with Gasteiger partial charge in [0.25, 0.3) is 11.8 Å². The van der Waals surface area contributed by atoms with E-state index in [1.54, 1.807) is 60.7 Å². The summed E-state index contributed by atoms with van der Waals surface area (Å²) in [5.41, 5.74) is 0.604. The topological polar surface area (TPSA) is 188 Å². The van der Waals surface area contributed by atoms with Gasteiger partial charge in [0.2, 0.25) is 17.6 Å². The quantitative estimate of drug-likeness (QED) is 0.0793. The zero-order valence-electron chi connectivity index (χ0n) is 20.5. The van der Waals surface area contributed by atoms with Crippen LogP contribution in [0.3, 0.4) is 0 Å². The number of benzene rings is 2. The smallest absolute Gasteiger partial charge is 0.322 e. The van der Waals surface area contributed by atoms with Crippen molar-refractivity contribution >= 4 is 63.3 Å². The molecule has 0 aliphatic carbocycles. The second-order valence-corrected chi connectivity index (χ2v) is 10.3. The molecule has 0 aliphatic heterocycles. The number of carboxylic acid groups (broad SMARTS) is 1. The van der Waals surface area contributed by atoms with E-state index < -0.39 is 60.6 Å². The number of carboxylic acids is 1. The van der Waals surface area contributed by atoms with Crippen molar-refractivity contribution in [1.29, 1.82) is 0 Å². The Bertz CT molecular complexity index is 1180. The first-order chi connectivity index (χ1) is 18.7. The highest BCUT2D eigenvalue weighted by atomic mass is 33.1. The minimum atomic E-state index is -1.26. The SMILES string of the molecule is O=CC(=O)CNC(=O)[C@H](CSSC[C@H](NC(=O)c1ccccc1)C(=O)NCC(=O)O)NC(=O)c1ccccc1. The van der Waals surface area contributed by atoms with Gasteiger partial charge in [-0.25, -0.2) is 0 Å². The van der Waals surface area contributed by atoms with Crippen LogP contribution in [-0.4, -0.2) is 83.5 Å². The fraction of sp³-hybridized carbons (Fsp3) is 0.240. The van der Waals surface area contributed by atoms with E-state index >= 15 is 0 Å². The standard InChI is InChI=1S/C25H26N4O8S2/c30-13-18(31)11-26-24(36)19(28-22(34)16-7-3-1-4-8-16)14-38-39-15-20(25(37)27-12-21(32)33)29-23(35)17-9-5-2-6-10-17/h1-10,13,19-20H,11-12,14-15H2,(H,26,36)(H,27,37)(H,28,34)(H,29,35)(H,32,33)/t19-,20-/m0/s1. The van der Waals surface area contributed by atoms with Crippen molar-refractivity contribution < 1.29 is 38.7 Å². The van der Waals surface area contributed by atoms with Gasteiger partial charge in [-0.3, -0.25) is 33.6 Å². The summed E-state index contributed by atoms with van der Waals surface area (Å²) in [5.74, 6) is -4.59. The maximum atomic E-state index is 12.6. The first-order valence-electron chi connectivity index (χ1n) is 11.4. The van der Waals surface area contributed by atoms with Crippen molar-refractivity contribution in [3.63, 3.8) is 0 Å². The van der Waals surface area contributed by atoms with Crippen LogP contribution >= 0.6 is 21.6 Å². The average Bonchev–Trinajstić information content (AvgIpc) is 2.95. The van der Waals surface area contributed by atoms with E-state index in [1.165, 1.54) is 0 Å². The monoisotopic (exact) mass is 574 g/mol. The molecular weight excluding hydrogens is 548 g/mol. The number of rotatable bonds is 16. The van der Waals surface area contributed by atoms with Gasteiger partial charge in [-0.1, -0.05) is 58.0 Å². The molecule has 39 heavy (non-hydrogen) atoms. The average molecular weight is 575 g/mol. The fourth-order valence-corrected chi connectivity index (χ4v) is 5.21. The van der Waals surface area contributed by atoms with Crippen LogP contribution in [0.4, 0.5) is 0 Å². The summed E-state index contributed by atoms with van der Waals surface area (Å²) < 4.78 is 0. The Morgan fingerprint density at radius 2 is 1.10 bits per heavy atom. The largest absolute Gasteiger partial charge is 0.480 e. The van der Waals surface area contributed by atoms with Crippen molar-refractivity contribution in [2.45, 2.75) is 12.1 Å². The van der Waals surface area contributed by atoms with Gasteiger partial charge in [-0.15, -0.1) is 0 Å². The summed E-state index contributed by atoms with van der Waals surface area (Å²) in [6, 6.07) is 14.0. The van der Waals surface area contributed by atoms with Crippen LogP contribution in [0.1, 0.15) is 20.7 Å². The van der Waals surface area contributed by atoms with Gasteiger partial charge in [-0.05, 0) is 24.3 Å². The number of carbonyl (C=O) groups excluding carboxylic acids is 6. The van der Waals surface area contributed by atoms with E-state index in [0.29, 0.717) is 11.1 Å². The molecule has 206 valence electrons. The second kappa shape index (κ2) is 16.6. The Balaban J connectivity index is 2.03. The number of aliphatic carboxylic acids is 1. The predicted octanol–water partition coefficient (Wildman–Crippen LogP) is 0.0500. The summed E-state index contributed by atoms with van der Waals surface area (Å²) in [5, 5.41) is 18.5. The zero-order valence-corrected chi connectivity index (χ0v) is 22.1. The molecule has 2 rings (SSSR count). The van der Waals surface area contributed by atoms with Crippen LogP contribution in [0.15, 0.2) is 60.7 Å². The first-order valence-corrected chi connectivity index (χ1v) is 13.9. The van der Waals surface area contributed by atoms with Crippen LogP contribution in [0.5, 0.6) is 0 Å². The third-order valence-electron chi connectivity index (χ3n) is 4.85. The van der Waals surface area contributed by atoms with Crippen molar-refractivity contribution in [1.82, 2.24) is 21.3 Å². The molecule has 2 atom stereocenters. The molecule has 2 aromatic rings. The zero-order chi connectivity index (χ0) is 28.6. The molecule has 5 N–H and O–H groups in total. The molecule has 0 heterocycles. The summed E-state index contributed by atoms with van der Waals surface area (Å²) >= 11 is 0. The number of hydrogen-bond acceptors (Lipinski definition) is 9. The van der Waals surface area contributed by atoms with Crippen molar-refractivity contribution in [2.24, 2.45) is 0 Å². The van der Waals surface area contributed by atoms with Gasteiger partial charge in [0.1, 0.15) is 18.6 Å². The van der Waals surface area contributed by atoms with Crippen LogP contribution in [0.25, 0.3) is 0 Å². The third kappa shape index (κ3) is 11.4. The summed E-state index contributed by atoms with van der Waals surface area (Å²) in [7, 11) is 2.20. The first kappa shape index (κ1) is 31.1. The van der Waals surface area contributed by atoms with Crippen LogP contribution in [0, 0.1) is 0 Å². The normalized spacial score (nSPS) is 11.8. The number of carbonyl (C=O) groups is 7. The molecule has 0 fully saturated rings. The van der Waals surface area contributed by atoms with Gasteiger partial charge in [-0.2, -0.15) is 0 Å². The maximum Gasteiger partial charge on any atom is 0.322 e. The molecule has 0 unspecified atom stereocenters. The van der Waals surface area contributed by atoms with E-state index in [-0.39, 0.29) is 17.8 Å². The minimum absolute atomic E-state index is 0.000446. The molecule has 0 saturated carbocycles. The van der Waals surface area contributed by atoms with E-state index in [9.17, 15) is 33.6 Å². The predicted molar refractivity (Wildman–Crippen MR) is 145 cm³/mol. The molecule has 12 nitrogen and oxygen atoms in total. The molecule has 0 spiro atoms. The third-order valence-corrected chi connectivity index (χ3v) is 7.27. The van der Waals surface area contributed by atoms with Gasteiger partial charge in [0.15, 0.2) is 6.29 Å². The molecule has 0 aromatic heterocycles. The van der Waals surface area contributed by atoms with Crippen LogP contribution < -0.4 is 21.3 Å². The number of amides is 4. The van der Waals surface area contributed by atoms with Crippen molar-refractivity contribution in [3.8, 4) is 0 Å². The molecule has 0 radical (unpaired) electrons.